The van der Waals surface area contributed by atoms with Crippen LogP contribution in [-0.4, -0.2) is 17.1 Å². The van der Waals surface area contributed by atoms with E-state index in [1.165, 1.54) is 0 Å². The number of halogens is 2. The van der Waals surface area contributed by atoms with Crippen LogP contribution in [-0.2, 0) is 10.3 Å². The molecule has 0 aliphatic rings. The summed E-state index contributed by atoms with van der Waals surface area (Å²) in [7, 11) is 1.66. The van der Waals surface area contributed by atoms with Gasteiger partial charge in [-0.05, 0) is 63.0 Å². The van der Waals surface area contributed by atoms with Gasteiger partial charge in [-0.1, -0.05) is 12.1 Å². The van der Waals surface area contributed by atoms with Gasteiger partial charge in [0.2, 0.25) is 0 Å². The number of ether oxygens (including phenoxy) is 1. The average Bonchev–Trinajstić information content (AvgIpc) is 2.38. The normalized spacial score (nSPS) is 11.6. The lowest BCUT2D eigenvalue weighted by Gasteiger charge is -2.27. The predicted molar refractivity (Wildman–Crippen MR) is 77.3 cm³/mol. The number of rotatable bonds is 3. The fourth-order valence-corrected chi connectivity index (χ4v) is 2.38. The second-order valence-electron chi connectivity index (χ2n) is 3.93. The van der Waals surface area contributed by atoms with Gasteiger partial charge >= 0.3 is 0 Å². The molecule has 2 aromatic heterocycles. The van der Waals surface area contributed by atoms with Gasteiger partial charge in [-0.25, -0.2) is 9.97 Å². The van der Waals surface area contributed by atoms with E-state index in [1.54, 1.807) is 7.11 Å². The molecule has 2 rings (SSSR count). The molecule has 0 aliphatic heterocycles. The Morgan fingerprint density at radius 3 is 1.72 bits per heavy atom. The standard InChI is InChI=1S/C13H12Br2N2O/c1-13(18-2,9-5-3-7-11(14)16-9)10-6-4-8-12(15)17-10/h3-8H,1-2H3. The highest BCUT2D eigenvalue weighted by Crippen LogP contribution is 2.31. The van der Waals surface area contributed by atoms with Crippen molar-refractivity contribution in [2.24, 2.45) is 0 Å². The van der Waals surface area contributed by atoms with Crippen molar-refractivity contribution < 1.29 is 4.74 Å². The van der Waals surface area contributed by atoms with Crippen LogP contribution in [0.15, 0.2) is 45.6 Å². The molecule has 5 heteroatoms. The largest absolute Gasteiger partial charge is 0.366 e. The molecule has 94 valence electrons. The van der Waals surface area contributed by atoms with Gasteiger partial charge in [-0.15, -0.1) is 0 Å². The van der Waals surface area contributed by atoms with E-state index in [4.69, 9.17) is 4.74 Å². The number of pyridine rings is 2. The van der Waals surface area contributed by atoms with Crippen molar-refractivity contribution in [3.05, 3.63) is 57.0 Å². The molecule has 18 heavy (non-hydrogen) atoms. The zero-order valence-electron chi connectivity index (χ0n) is 10.0. The molecule has 0 unspecified atom stereocenters. The van der Waals surface area contributed by atoms with Gasteiger partial charge in [-0.3, -0.25) is 0 Å². The lowest BCUT2D eigenvalue weighted by molar-refractivity contribution is 0.0314. The lowest BCUT2D eigenvalue weighted by atomic mass is 9.96. The van der Waals surface area contributed by atoms with Gasteiger partial charge in [0, 0.05) is 7.11 Å². The van der Waals surface area contributed by atoms with Crippen LogP contribution < -0.4 is 0 Å². The van der Waals surface area contributed by atoms with Gasteiger partial charge in [0.05, 0.1) is 11.4 Å². The van der Waals surface area contributed by atoms with Gasteiger partial charge in [0.15, 0.2) is 0 Å². The molecule has 0 amide bonds. The maximum absolute atomic E-state index is 5.65. The molecular weight excluding hydrogens is 360 g/mol. The van der Waals surface area contributed by atoms with E-state index in [0.717, 1.165) is 20.6 Å². The molecule has 2 heterocycles. The first-order valence-electron chi connectivity index (χ1n) is 5.37. The van der Waals surface area contributed by atoms with Crippen molar-refractivity contribution in [2.45, 2.75) is 12.5 Å². The number of hydrogen-bond donors (Lipinski definition) is 0. The molecule has 0 aromatic carbocycles. The molecule has 0 spiro atoms. The Morgan fingerprint density at radius 1 is 0.944 bits per heavy atom. The summed E-state index contributed by atoms with van der Waals surface area (Å²) in [6.07, 6.45) is 0. The monoisotopic (exact) mass is 370 g/mol. The van der Waals surface area contributed by atoms with Crippen molar-refractivity contribution >= 4 is 31.9 Å². The van der Waals surface area contributed by atoms with Crippen LogP contribution in [0.2, 0.25) is 0 Å². The first kappa shape index (κ1) is 13.6. The minimum atomic E-state index is -0.673. The highest BCUT2D eigenvalue weighted by Gasteiger charge is 2.32. The zero-order valence-corrected chi connectivity index (χ0v) is 13.2. The SMILES string of the molecule is COC(C)(c1cccc(Br)n1)c1cccc(Br)n1. The van der Waals surface area contributed by atoms with Crippen molar-refractivity contribution in [2.75, 3.05) is 7.11 Å². The van der Waals surface area contributed by atoms with Crippen molar-refractivity contribution in [1.82, 2.24) is 9.97 Å². The third-order valence-corrected chi connectivity index (χ3v) is 3.70. The lowest BCUT2D eigenvalue weighted by Crippen LogP contribution is -2.28. The molecule has 0 radical (unpaired) electrons. The maximum Gasteiger partial charge on any atom is 0.148 e. The molecule has 0 saturated carbocycles. The Balaban J connectivity index is 2.54. The minimum Gasteiger partial charge on any atom is -0.366 e. The van der Waals surface area contributed by atoms with E-state index >= 15 is 0 Å². The van der Waals surface area contributed by atoms with E-state index in [-0.39, 0.29) is 0 Å². The minimum absolute atomic E-state index is 0.673. The Hall–Kier alpha value is -0.780. The van der Waals surface area contributed by atoms with Gasteiger partial charge in [0.1, 0.15) is 14.8 Å². The highest BCUT2D eigenvalue weighted by molar-refractivity contribution is 9.10. The molecule has 3 nitrogen and oxygen atoms in total. The Kier molecular flexibility index (Phi) is 4.14. The van der Waals surface area contributed by atoms with Crippen molar-refractivity contribution in [1.29, 1.82) is 0 Å². The fourth-order valence-electron chi connectivity index (χ4n) is 1.69. The first-order valence-corrected chi connectivity index (χ1v) is 6.96. The summed E-state index contributed by atoms with van der Waals surface area (Å²) in [5, 5.41) is 0. The van der Waals surface area contributed by atoms with Crippen LogP contribution in [0, 0.1) is 0 Å². The number of aromatic nitrogens is 2. The summed E-state index contributed by atoms with van der Waals surface area (Å²) < 4.78 is 7.21. The van der Waals surface area contributed by atoms with Crippen LogP contribution >= 0.6 is 31.9 Å². The number of methoxy groups -OCH3 is 1. The van der Waals surface area contributed by atoms with E-state index in [0.29, 0.717) is 0 Å². The molecule has 0 bridgehead atoms. The maximum atomic E-state index is 5.65. The van der Waals surface area contributed by atoms with E-state index in [2.05, 4.69) is 41.8 Å². The second-order valence-corrected chi connectivity index (χ2v) is 5.55. The van der Waals surface area contributed by atoms with Crippen LogP contribution in [0.5, 0.6) is 0 Å². The zero-order chi connectivity index (χ0) is 13.2. The van der Waals surface area contributed by atoms with Gasteiger partial charge < -0.3 is 4.74 Å². The van der Waals surface area contributed by atoms with Crippen LogP contribution in [0.25, 0.3) is 0 Å². The summed E-state index contributed by atoms with van der Waals surface area (Å²) in [5.74, 6) is 0. The number of nitrogens with zero attached hydrogens (tertiary/aromatic N) is 2. The molecule has 0 N–H and O–H groups in total. The topological polar surface area (TPSA) is 35.0 Å². The fraction of sp³-hybridized carbons (Fsp3) is 0.231. The van der Waals surface area contributed by atoms with Crippen molar-refractivity contribution in [3.8, 4) is 0 Å². The third-order valence-electron chi connectivity index (χ3n) is 2.82. The van der Waals surface area contributed by atoms with E-state index in [9.17, 15) is 0 Å². The van der Waals surface area contributed by atoms with Crippen LogP contribution in [0.1, 0.15) is 18.3 Å². The summed E-state index contributed by atoms with van der Waals surface area (Å²) >= 11 is 6.75. The summed E-state index contributed by atoms with van der Waals surface area (Å²) in [4.78, 5) is 8.92. The van der Waals surface area contributed by atoms with Crippen LogP contribution in [0.4, 0.5) is 0 Å². The molecule has 0 aliphatic carbocycles. The number of hydrogen-bond acceptors (Lipinski definition) is 3. The Morgan fingerprint density at radius 2 is 1.39 bits per heavy atom. The van der Waals surface area contributed by atoms with Crippen molar-refractivity contribution in [3.63, 3.8) is 0 Å². The highest BCUT2D eigenvalue weighted by atomic mass is 79.9. The molecule has 0 atom stereocenters. The molecule has 0 fully saturated rings. The molecule has 2 aromatic rings. The van der Waals surface area contributed by atoms with E-state index in [1.807, 2.05) is 43.3 Å². The Labute approximate surface area is 123 Å². The second kappa shape index (κ2) is 5.47. The van der Waals surface area contributed by atoms with Gasteiger partial charge in [-0.2, -0.15) is 0 Å². The third kappa shape index (κ3) is 2.63. The van der Waals surface area contributed by atoms with Crippen LogP contribution in [0.3, 0.4) is 0 Å². The van der Waals surface area contributed by atoms with E-state index < -0.39 is 5.60 Å². The van der Waals surface area contributed by atoms with Gasteiger partial charge in [0.25, 0.3) is 0 Å². The smallest absolute Gasteiger partial charge is 0.148 e. The summed E-state index contributed by atoms with van der Waals surface area (Å²) in [6, 6.07) is 11.5. The summed E-state index contributed by atoms with van der Waals surface area (Å²) in [5.41, 5.74) is 0.947. The Bertz CT molecular complexity index is 515. The quantitative estimate of drug-likeness (QED) is 0.767. The average molecular weight is 372 g/mol. The molecular formula is C13H12Br2N2O. The predicted octanol–water partition coefficient (Wildman–Crippen LogP) is 3.91. The first-order chi connectivity index (χ1) is 8.56. The summed E-state index contributed by atoms with van der Waals surface area (Å²) in [6.45, 7) is 1.95. The molecule has 0 saturated heterocycles.